The lowest BCUT2D eigenvalue weighted by molar-refractivity contribution is 0.0787. The number of aromatic nitrogens is 1. The van der Waals surface area contributed by atoms with E-state index in [-0.39, 0.29) is 5.91 Å². The molecule has 0 spiro atoms. The van der Waals surface area contributed by atoms with Gasteiger partial charge in [-0.2, -0.15) is 0 Å². The van der Waals surface area contributed by atoms with Crippen molar-refractivity contribution in [2.75, 3.05) is 18.4 Å². The molecular formula is C18H21N3O. The summed E-state index contributed by atoms with van der Waals surface area (Å²) < 4.78 is 0. The molecule has 0 radical (unpaired) electrons. The molecule has 1 N–H and O–H groups in total. The second-order valence-corrected chi connectivity index (χ2v) is 5.87. The van der Waals surface area contributed by atoms with Gasteiger partial charge >= 0.3 is 0 Å². The average Bonchev–Trinajstić information content (AvgIpc) is 3.05. The minimum absolute atomic E-state index is 0.0297. The normalized spacial score (nSPS) is 14.2. The summed E-state index contributed by atoms with van der Waals surface area (Å²) in [4.78, 5) is 18.5. The number of carbonyl (C=O) groups excluding carboxylic acids is 1. The zero-order valence-electron chi connectivity index (χ0n) is 13.1. The molecule has 1 aromatic heterocycles. The third kappa shape index (κ3) is 3.11. The SMILES string of the molecule is Cc1ccc(C)c(Nc2ccnc(C(=O)N3CCCC3)c2)c1. The van der Waals surface area contributed by atoms with Gasteiger partial charge in [0, 0.05) is 30.7 Å². The minimum atomic E-state index is 0.0297. The van der Waals surface area contributed by atoms with Crippen LogP contribution in [0.15, 0.2) is 36.5 Å². The van der Waals surface area contributed by atoms with Crippen molar-refractivity contribution < 1.29 is 4.79 Å². The summed E-state index contributed by atoms with van der Waals surface area (Å²) in [5.41, 5.74) is 4.85. The van der Waals surface area contributed by atoms with Crippen LogP contribution in [0, 0.1) is 13.8 Å². The Kier molecular flexibility index (Phi) is 4.09. The fourth-order valence-electron chi connectivity index (χ4n) is 2.73. The summed E-state index contributed by atoms with van der Waals surface area (Å²) in [7, 11) is 0. The van der Waals surface area contributed by atoms with Crippen LogP contribution in [-0.4, -0.2) is 28.9 Å². The average molecular weight is 295 g/mol. The number of benzene rings is 1. The highest BCUT2D eigenvalue weighted by Crippen LogP contribution is 2.22. The van der Waals surface area contributed by atoms with E-state index in [9.17, 15) is 4.79 Å². The van der Waals surface area contributed by atoms with Crippen molar-refractivity contribution in [2.24, 2.45) is 0 Å². The number of hydrogen-bond acceptors (Lipinski definition) is 3. The second kappa shape index (κ2) is 6.18. The van der Waals surface area contributed by atoms with Crippen LogP contribution in [0.4, 0.5) is 11.4 Å². The van der Waals surface area contributed by atoms with Crippen LogP contribution in [0.5, 0.6) is 0 Å². The quantitative estimate of drug-likeness (QED) is 0.939. The maximum atomic E-state index is 12.4. The number of aryl methyl sites for hydroxylation is 2. The first-order valence-corrected chi connectivity index (χ1v) is 7.73. The van der Waals surface area contributed by atoms with E-state index in [2.05, 4.69) is 42.3 Å². The monoisotopic (exact) mass is 295 g/mol. The molecule has 1 amide bonds. The number of nitrogens with zero attached hydrogens (tertiary/aromatic N) is 2. The zero-order chi connectivity index (χ0) is 15.5. The van der Waals surface area contributed by atoms with Crippen LogP contribution in [-0.2, 0) is 0 Å². The summed E-state index contributed by atoms with van der Waals surface area (Å²) in [6.45, 7) is 5.82. The molecule has 0 saturated carbocycles. The van der Waals surface area contributed by atoms with Gasteiger partial charge < -0.3 is 10.2 Å². The highest BCUT2D eigenvalue weighted by Gasteiger charge is 2.20. The van der Waals surface area contributed by atoms with Gasteiger partial charge in [-0.15, -0.1) is 0 Å². The Morgan fingerprint density at radius 3 is 2.68 bits per heavy atom. The van der Waals surface area contributed by atoms with Crippen molar-refractivity contribution in [3.05, 3.63) is 53.3 Å². The first-order chi connectivity index (χ1) is 10.6. The standard InChI is InChI=1S/C18H21N3O/c1-13-5-6-14(2)16(11-13)20-15-7-8-19-17(12-15)18(22)21-9-3-4-10-21/h5-8,11-12H,3-4,9-10H2,1-2H3,(H,19,20). The fourth-order valence-corrected chi connectivity index (χ4v) is 2.73. The number of anilines is 2. The maximum absolute atomic E-state index is 12.4. The third-order valence-corrected chi connectivity index (χ3v) is 4.04. The predicted molar refractivity (Wildman–Crippen MR) is 88.6 cm³/mol. The van der Waals surface area contributed by atoms with E-state index in [0.29, 0.717) is 5.69 Å². The van der Waals surface area contributed by atoms with Gasteiger partial charge in [-0.25, -0.2) is 0 Å². The second-order valence-electron chi connectivity index (χ2n) is 5.87. The maximum Gasteiger partial charge on any atom is 0.272 e. The van der Waals surface area contributed by atoms with E-state index in [4.69, 9.17) is 0 Å². The molecule has 1 fully saturated rings. The molecule has 0 aliphatic carbocycles. The van der Waals surface area contributed by atoms with Gasteiger partial charge in [0.05, 0.1) is 0 Å². The lowest BCUT2D eigenvalue weighted by atomic mass is 10.1. The molecule has 1 aliphatic heterocycles. The van der Waals surface area contributed by atoms with Crippen LogP contribution in [0.3, 0.4) is 0 Å². The molecule has 2 heterocycles. The van der Waals surface area contributed by atoms with Crippen LogP contribution in [0.1, 0.15) is 34.5 Å². The number of nitrogens with one attached hydrogen (secondary N) is 1. The Balaban J connectivity index is 1.81. The van der Waals surface area contributed by atoms with Crippen molar-refractivity contribution >= 4 is 17.3 Å². The summed E-state index contributed by atoms with van der Waals surface area (Å²) >= 11 is 0. The van der Waals surface area contributed by atoms with E-state index in [1.165, 1.54) is 11.1 Å². The van der Waals surface area contributed by atoms with Gasteiger partial charge in [-0.1, -0.05) is 12.1 Å². The molecule has 4 nitrogen and oxygen atoms in total. The molecule has 4 heteroatoms. The largest absolute Gasteiger partial charge is 0.355 e. The van der Waals surface area contributed by atoms with Crippen molar-refractivity contribution in [3.63, 3.8) is 0 Å². The molecule has 22 heavy (non-hydrogen) atoms. The minimum Gasteiger partial charge on any atom is -0.355 e. The Morgan fingerprint density at radius 1 is 1.14 bits per heavy atom. The van der Waals surface area contributed by atoms with E-state index in [1.807, 2.05) is 17.0 Å². The molecule has 1 aliphatic rings. The van der Waals surface area contributed by atoms with Crippen molar-refractivity contribution in [2.45, 2.75) is 26.7 Å². The molecule has 2 aromatic rings. The highest BCUT2D eigenvalue weighted by atomic mass is 16.2. The number of pyridine rings is 1. The van der Waals surface area contributed by atoms with E-state index >= 15 is 0 Å². The molecule has 0 unspecified atom stereocenters. The van der Waals surface area contributed by atoms with Gasteiger partial charge in [0.1, 0.15) is 5.69 Å². The molecule has 1 saturated heterocycles. The summed E-state index contributed by atoms with van der Waals surface area (Å²) in [5.74, 6) is 0.0297. The fraction of sp³-hybridized carbons (Fsp3) is 0.333. The predicted octanol–water partition coefficient (Wildman–Crippen LogP) is 3.68. The molecule has 1 aromatic carbocycles. The van der Waals surface area contributed by atoms with Crippen LogP contribution in [0.25, 0.3) is 0 Å². The molecule has 114 valence electrons. The Labute approximate surface area is 131 Å². The lowest BCUT2D eigenvalue weighted by Gasteiger charge is -2.15. The Bertz CT molecular complexity index is 690. The van der Waals surface area contributed by atoms with Gasteiger partial charge in [-0.05, 0) is 56.0 Å². The number of likely N-dealkylation sites (tertiary alicyclic amines) is 1. The number of carbonyl (C=O) groups is 1. The number of hydrogen-bond donors (Lipinski definition) is 1. The van der Waals surface area contributed by atoms with Gasteiger partial charge in [0.15, 0.2) is 0 Å². The highest BCUT2D eigenvalue weighted by molar-refractivity contribution is 5.93. The van der Waals surface area contributed by atoms with Gasteiger partial charge in [0.25, 0.3) is 5.91 Å². The Morgan fingerprint density at radius 2 is 1.91 bits per heavy atom. The van der Waals surface area contributed by atoms with Crippen LogP contribution >= 0.6 is 0 Å². The molecule has 0 atom stereocenters. The van der Waals surface area contributed by atoms with Crippen molar-refractivity contribution in [3.8, 4) is 0 Å². The van der Waals surface area contributed by atoms with E-state index in [0.717, 1.165) is 37.3 Å². The van der Waals surface area contributed by atoms with Crippen LogP contribution < -0.4 is 5.32 Å². The number of amides is 1. The van der Waals surface area contributed by atoms with Crippen molar-refractivity contribution in [1.29, 1.82) is 0 Å². The lowest BCUT2D eigenvalue weighted by Crippen LogP contribution is -2.28. The number of rotatable bonds is 3. The first kappa shape index (κ1) is 14.6. The van der Waals surface area contributed by atoms with E-state index in [1.54, 1.807) is 6.20 Å². The van der Waals surface area contributed by atoms with E-state index < -0.39 is 0 Å². The summed E-state index contributed by atoms with van der Waals surface area (Å²) in [6, 6.07) is 10.0. The topological polar surface area (TPSA) is 45.2 Å². The smallest absolute Gasteiger partial charge is 0.272 e. The molecular weight excluding hydrogens is 274 g/mol. The Hall–Kier alpha value is -2.36. The summed E-state index contributed by atoms with van der Waals surface area (Å²) in [6.07, 6.45) is 3.87. The van der Waals surface area contributed by atoms with Crippen LogP contribution in [0.2, 0.25) is 0 Å². The first-order valence-electron chi connectivity index (χ1n) is 7.73. The third-order valence-electron chi connectivity index (χ3n) is 4.04. The van der Waals surface area contributed by atoms with Gasteiger partial charge in [0.2, 0.25) is 0 Å². The summed E-state index contributed by atoms with van der Waals surface area (Å²) in [5, 5.41) is 3.39. The zero-order valence-corrected chi connectivity index (χ0v) is 13.1. The van der Waals surface area contributed by atoms with Gasteiger partial charge in [-0.3, -0.25) is 9.78 Å². The van der Waals surface area contributed by atoms with Crippen molar-refractivity contribution in [1.82, 2.24) is 9.88 Å². The molecule has 3 rings (SSSR count). The molecule has 0 bridgehead atoms.